The van der Waals surface area contributed by atoms with Crippen LogP contribution in [0.2, 0.25) is 0 Å². The van der Waals surface area contributed by atoms with E-state index in [0.717, 1.165) is 37.7 Å². The van der Waals surface area contributed by atoms with Gasteiger partial charge in [0.15, 0.2) is 0 Å². The molecule has 1 amide bonds. The summed E-state index contributed by atoms with van der Waals surface area (Å²) in [6.07, 6.45) is 11.4. The molecular weight excluding hydrogens is 210 g/mol. The van der Waals surface area contributed by atoms with Gasteiger partial charge in [0.25, 0.3) is 0 Å². The lowest BCUT2D eigenvalue weighted by molar-refractivity contribution is -0.114. The van der Waals surface area contributed by atoms with E-state index < -0.39 is 0 Å². The third kappa shape index (κ3) is 9.27. The van der Waals surface area contributed by atoms with Crippen molar-refractivity contribution in [3.05, 3.63) is 11.6 Å². The van der Waals surface area contributed by atoms with Crippen LogP contribution in [0.3, 0.4) is 0 Å². The zero-order chi connectivity index (χ0) is 13.1. The molecule has 0 aromatic rings. The minimum atomic E-state index is -0.300. The Kier molecular flexibility index (Phi) is 8.61. The Balaban J connectivity index is 3.94. The van der Waals surface area contributed by atoms with E-state index in [1.165, 1.54) is 0 Å². The largest absolute Gasteiger partial charge is 0.366 e. The van der Waals surface area contributed by atoms with E-state index in [1.807, 2.05) is 6.08 Å². The van der Waals surface area contributed by atoms with Crippen molar-refractivity contribution in [2.75, 3.05) is 0 Å². The van der Waals surface area contributed by atoms with E-state index in [4.69, 9.17) is 12.2 Å². The highest BCUT2D eigenvalue weighted by Gasteiger charge is 2.06. The minimum absolute atomic E-state index is 0.300. The van der Waals surface area contributed by atoms with Crippen LogP contribution in [0.1, 0.15) is 46.0 Å². The second-order valence-electron chi connectivity index (χ2n) is 4.38. The average Bonchev–Trinajstić information content (AvgIpc) is 2.25. The summed E-state index contributed by atoms with van der Waals surface area (Å²) in [6, 6.07) is 0. The van der Waals surface area contributed by atoms with Crippen molar-refractivity contribution in [2.45, 2.75) is 46.0 Å². The van der Waals surface area contributed by atoms with Crippen molar-refractivity contribution in [2.24, 2.45) is 11.7 Å². The highest BCUT2D eigenvalue weighted by atomic mass is 16.1. The zero-order valence-electron chi connectivity index (χ0n) is 10.8. The maximum atomic E-state index is 11.1. The molecule has 0 unspecified atom stereocenters. The van der Waals surface area contributed by atoms with E-state index in [0.29, 0.717) is 5.92 Å². The van der Waals surface area contributed by atoms with E-state index in [2.05, 4.69) is 31.6 Å². The zero-order valence-corrected chi connectivity index (χ0v) is 10.8. The van der Waals surface area contributed by atoms with Gasteiger partial charge in [0.05, 0.1) is 0 Å². The average molecular weight is 231 g/mol. The Hall–Kier alpha value is -1.67. The first-order chi connectivity index (χ1) is 8.07. The molecule has 0 atom stereocenters. The summed E-state index contributed by atoms with van der Waals surface area (Å²) in [6.45, 7) is 4.15. The van der Waals surface area contributed by atoms with Gasteiger partial charge < -0.3 is 5.73 Å². The van der Waals surface area contributed by atoms with Crippen LogP contribution in [0.5, 0.6) is 0 Å². The van der Waals surface area contributed by atoms with E-state index in [1.54, 1.807) is 0 Å². The molecule has 2 heteroatoms. The third-order valence-electron chi connectivity index (χ3n) is 2.25. The van der Waals surface area contributed by atoms with Crippen molar-refractivity contribution < 1.29 is 4.79 Å². The van der Waals surface area contributed by atoms with Crippen molar-refractivity contribution in [1.29, 1.82) is 0 Å². The fourth-order valence-corrected chi connectivity index (χ4v) is 1.47. The molecule has 0 aliphatic carbocycles. The molecule has 17 heavy (non-hydrogen) atoms. The smallest absolute Gasteiger partial charge is 0.244 e. The van der Waals surface area contributed by atoms with Crippen LogP contribution in [0.25, 0.3) is 0 Å². The molecule has 0 fully saturated rings. The van der Waals surface area contributed by atoms with E-state index in [9.17, 15) is 4.79 Å². The number of primary amides is 1. The Morgan fingerprint density at radius 1 is 1.41 bits per heavy atom. The lowest BCUT2D eigenvalue weighted by Crippen LogP contribution is -2.15. The SMILES string of the molecule is C#CC#CCCCC/C=C(\CC(C)C)C(N)=O. The highest BCUT2D eigenvalue weighted by Crippen LogP contribution is 2.12. The molecule has 0 aromatic heterocycles. The molecule has 92 valence electrons. The van der Waals surface area contributed by atoms with Gasteiger partial charge >= 0.3 is 0 Å². The third-order valence-corrected chi connectivity index (χ3v) is 2.25. The summed E-state index contributed by atoms with van der Waals surface area (Å²) in [5.41, 5.74) is 6.06. The van der Waals surface area contributed by atoms with Gasteiger partial charge in [-0.25, -0.2) is 0 Å². The number of hydrogen-bond acceptors (Lipinski definition) is 1. The number of allylic oxidation sites excluding steroid dienone is 1. The lowest BCUT2D eigenvalue weighted by atomic mass is 10.0. The maximum absolute atomic E-state index is 11.1. The maximum Gasteiger partial charge on any atom is 0.244 e. The summed E-state index contributed by atoms with van der Waals surface area (Å²) in [7, 11) is 0. The molecule has 0 rings (SSSR count). The van der Waals surface area contributed by atoms with E-state index in [-0.39, 0.29) is 5.91 Å². The topological polar surface area (TPSA) is 43.1 Å². The van der Waals surface area contributed by atoms with Crippen molar-refractivity contribution in [3.8, 4) is 24.2 Å². The van der Waals surface area contributed by atoms with Crippen LogP contribution in [0, 0.1) is 30.1 Å². The molecule has 2 N–H and O–H groups in total. The molecule has 0 heterocycles. The summed E-state index contributed by atoms with van der Waals surface area (Å²) in [4.78, 5) is 11.1. The normalized spacial score (nSPS) is 10.6. The van der Waals surface area contributed by atoms with Gasteiger partial charge in [0.1, 0.15) is 0 Å². The fraction of sp³-hybridized carbons (Fsp3) is 0.533. The number of rotatable bonds is 7. The van der Waals surface area contributed by atoms with Crippen LogP contribution in [0.4, 0.5) is 0 Å². The summed E-state index contributed by atoms with van der Waals surface area (Å²) in [5, 5.41) is 0. The van der Waals surface area contributed by atoms with Gasteiger partial charge in [-0.05, 0) is 43.4 Å². The second-order valence-corrected chi connectivity index (χ2v) is 4.38. The van der Waals surface area contributed by atoms with Gasteiger partial charge in [-0.15, -0.1) is 6.42 Å². The van der Waals surface area contributed by atoms with Gasteiger partial charge in [-0.1, -0.05) is 25.8 Å². The van der Waals surface area contributed by atoms with Crippen LogP contribution >= 0.6 is 0 Å². The summed E-state index contributed by atoms with van der Waals surface area (Å²) in [5.74, 6) is 7.89. The minimum Gasteiger partial charge on any atom is -0.366 e. The monoisotopic (exact) mass is 231 g/mol. The first-order valence-electron chi connectivity index (χ1n) is 6.00. The first-order valence-corrected chi connectivity index (χ1v) is 6.00. The molecule has 0 spiro atoms. The predicted molar refractivity (Wildman–Crippen MR) is 71.8 cm³/mol. The number of carbonyl (C=O) groups is 1. The number of nitrogens with two attached hydrogens (primary N) is 1. The number of carbonyl (C=O) groups excluding carboxylic acids is 1. The van der Waals surface area contributed by atoms with Crippen LogP contribution in [-0.2, 0) is 4.79 Å². The van der Waals surface area contributed by atoms with Crippen LogP contribution in [0.15, 0.2) is 11.6 Å². The van der Waals surface area contributed by atoms with Crippen LogP contribution < -0.4 is 5.73 Å². The molecule has 2 nitrogen and oxygen atoms in total. The molecule has 0 bridgehead atoms. The first kappa shape index (κ1) is 15.3. The Bertz CT molecular complexity index is 361. The quantitative estimate of drug-likeness (QED) is 0.408. The van der Waals surface area contributed by atoms with Crippen molar-refractivity contribution in [3.63, 3.8) is 0 Å². The molecule has 0 aliphatic heterocycles. The molecule has 0 aromatic carbocycles. The molecular formula is C15H21NO. The number of unbranched alkanes of at least 4 members (excludes halogenated alkanes) is 3. The fourth-order valence-electron chi connectivity index (χ4n) is 1.47. The van der Waals surface area contributed by atoms with Gasteiger partial charge in [-0.3, -0.25) is 4.79 Å². The predicted octanol–water partition coefficient (Wildman–Crippen LogP) is 2.64. The molecule has 0 saturated carbocycles. The lowest BCUT2D eigenvalue weighted by Gasteiger charge is -2.06. The molecule has 0 radical (unpaired) electrons. The standard InChI is InChI=1S/C15H21NO/c1-4-5-6-7-8-9-10-11-14(15(16)17)12-13(2)3/h1,11,13H,7-10,12H2,2-3H3,(H2,16,17)/b14-11+. The molecule has 0 aliphatic rings. The van der Waals surface area contributed by atoms with Gasteiger partial charge in [0.2, 0.25) is 5.91 Å². The van der Waals surface area contributed by atoms with E-state index >= 15 is 0 Å². The summed E-state index contributed by atoms with van der Waals surface area (Å²) >= 11 is 0. The van der Waals surface area contributed by atoms with Crippen molar-refractivity contribution >= 4 is 5.91 Å². The number of hydrogen-bond donors (Lipinski definition) is 1. The Morgan fingerprint density at radius 2 is 2.12 bits per heavy atom. The second kappa shape index (κ2) is 9.55. The number of terminal acetylenes is 1. The van der Waals surface area contributed by atoms with Gasteiger partial charge in [0, 0.05) is 12.0 Å². The Labute approximate surface area is 105 Å². The summed E-state index contributed by atoms with van der Waals surface area (Å²) < 4.78 is 0. The van der Waals surface area contributed by atoms with Gasteiger partial charge in [-0.2, -0.15) is 0 Å². The number of amides is 1. The molecule has 0 saturated heterocycles. The highest BCUT2D eigenvalue weighted by molar-refractivity contribution is 5.91. The van der Waals surface area contributed by atoms with Crippen LogP contribution in [-0.4, -0.2) is 5.91 Å². The Morgan fingerprint density at radius 3 is 2.65 bits per heavy atom. The van der Waals surface area contributed by atoms with Crippen molar-refractivity contribution in [1.82, 2.24) is 0 Å².